The normalized spacial score (nSPS) is 10.6. The molecule has 2 aromatic rings. The Hall–Kier alpha value is -2.71. The number of amides is 1. The first-order valence-corrected chi connectivity index (χ1v) is 7.40. The molecule has 0 fully saturated rings. The molecule has 1 aromatic heterocycles. The van der Waals surface area contributed by atoms with Gasteiger partial charge >= 0.3 is 0 Å². The molecule has 1 aromatic carbocycles. The zero-order valence-electron chi connectivity index (χ0n) is 13.4. The SMILES string of the molecule is COC(Cn1c(-c2ccc(Cl)cc2)ncc(C(=O)N=[N+]=[N-])c1=O)OC. The minimum Gasteiger partial charge on any atom is -0.354 e. The molecule has 0 aliphatic rings. The van der Waals surface area contributed by atoms with E-state index in [1.54, 1.807) is 24.3 Å². The average Bonchev–Trinajstić information content (AvgIpc) is 2.61. The molecule has 1 heterocycles. The van der Waals surface area contributed by atoms with Gasteiger partial charge in [0, 0.05) is 35.9 Å². The summed E-state index contributed by atoms with van der Waals surface area (Å²) in [5.74, 6) is -0.721. The van der Waals surface area contributed by atoms with Gasteiger partial charge in [0.25, 0.3) is 11.5 Å². The van der Waals surface area contributed by atoms with Crippen LogP contribution in [0.2, 0.25) is 5.02 Å². The van der Waals surface area contributed by atoms with Crippen LogP contribution < -0.4 is 5.56 Å². The number of hydrogen-bond donors (Lipinski definition) is 0. The standard InChI is InChI=1S/C15H14ClN5O4/c1-24-12(25-2)8-21-13(9-3-5-10(16)6-4-9)18-7-11(15(21)23)14(22)19-20-17/h3-7,12H,8H2,1-2H3. The number of benzene rings is 1. The van der Waals surface area contributed by atoms with Crippen molar-refractivity contribution in [2.24, 2.45) is 5.11 Å². The monoisotopic (exact) mass is 363 g/mol. The van der Waals surface area contributed by atoms with Gasteiger partial charge in [-0.15, -0.1) is 0 Å². The van der Waals surface area contributed by atoms with Gasteiger partial charge < -0.3 is 9.47 Å². The molecular weight excluding hydrogens is 350 g/mol. The summed E-state index contributed by atoms with van der Waals surface area (Å²) >= 11 is 5.88. The molecule has 0 atom stereocenters. The third kappa shape index (κ3) is 4.23. The fraction of sp³-hybridized carbons (Fsp3) is 0.267. The minimum atomic E-state index is -1.01. The summed E-state index contributed by atoms with van der Waals surface area (Å²) in [4.78, 5) is 31.0. The molecule has 25 heavy (non-hydrogen) atoms. The first-order valence-electron chi connectivity index (χ1n) is 7.02. The Labute approximate surface area is 147 Å². The highest BCUT2D eigenvalue weighted by Gasteiger charge is 2.19. The Kier molecular flexibility index (Phi) is 6.26. The molecule has 10 heteroatoms. The fourth-order valence-electron chi connectivity index (χ4n) is 2.13. The van der Waals surface area contributed by atoms with E-state index in [1.807, 2.05) is 0 Å². The zero-order chi connectivity index (χ0) is 18.4. The van der Waals surface area contributed by atoms with E-state index in [0.717, 1.165) is 6.20 Å². The number of carbonyl (C=O) groups is 1. The van der Waals surface area contributed by atoms with E-state index in [2.05, 4.69) is 15.0 Å². The Morgan fingerprint density at radius 3 is 2.56 bits per heavy atom. The molecule has 0 aliphatic carbocycles. The lowest BCUT2D eigenvalue weighted by atomic mass is 10.2. The van der Waals surface area contributed by atoms with Gasteiger partial charge in [-0.3, -0.25) is 14.2 Å². The second kappa shape index (κ2) is 8.41. The lowest BCUT2D eigenvalue weighted by molar-refractivity contribution is -0.111. The van der Waals surface area contributed by atoms with Gasteiger partial charge in [0.15, 0.2) is 6.29 Å². The summed E-state index contributed by atoms with van der Waals surface area (Å²) in [6, 6.07) is 6.67. The molecule has 0 radical (unpaired) electrons. The van der Waals surface area contributed by atoms with E-state index in [9.17, 15) is 9.59 Å². The summed E-state index contributed by atoms with van der Waals surface area (Å²) in [5, 5.41) is 3.47. The highest BCUT2D eigenvalue weighted by molar-refractivity contribution is 6.30. The van der Waals surface area contributed by atoms with E-state index in [-0.39, 0.29) is 12.1 Å². The van der Waals surface area contributed by atoms with E-state index in [1.165, 1.54) is 18.8 Å². The van der Waals surface area contributed by atoms with Crippen molar-refractivity contribution in [3.05, 3.63) is 61.8 Å². The smallest absolute Gasteiger partial charge is 0.265 e. The van der Waals surface area contributed by atoms with Crippen LogP contribution in [0, 0.1) is 0 Å². The Morgan fingerprint density at radius 1 is 1.36 bits per heavy atom. The van der Waals surface area contributed by atoms with E-state index < -0.39 is 17.8 Å². The summed E-state index contributed by atoms with van der Waals surface area (Å²) in [6.07, 6.45) is 0.337. The third-order valence-corrected chi connectivity index (χ3v) is 3.62. The number of carbonyl (C=O) groups excluding carboxylic acids is 1. The van der Waals surface area contributed by atoms with Crippen molar-refractivity contribution in [1.29, 1.82) is 0 Å². The first-order chi connectivity index (χ1) is 12.0. The maximum atomic E-state index is 12.7. The van der Waals surface area contributed by atoms with Crippen LogP contribution in [-0.4, -0.2) is 36.0 Å². The Bertz CT molecular complexity index is 870. The van der Waals surface area contributed by atoms with Crippen LogP contribution in [0.4, 0.5) is 0 Å². The largest absolute Gasteiger partial charge is 0.354 e. The molecule has 2 rings (SSSR count). The van der Waals surface area contributed by atoms with Gasteiger partial charge in [-0.25, -0.2) is 4.98 Å². The van der Waals surface area contributed by atoms with Crippen LogP contribution in [0.1, 0.15) is 10.4 Å². The number of methoxy groups -OCH3 is 2. The average molecular weight is 364 g/mol. The molecule has 130 valence electrons. The van der Waals surface area contributed by atoms with Crippen LogP contribution in [0.5, 0.6) is 0 Å². The molecular formula is C15H14ClN5O4. The van der Waals surface area contributed by atoms with Gasteiger partial charge in [0.1, 0.15) is 11.4 Å². The maximum absolute atomic E-state index is 12.7. The van der Waals surface area contributed by atoms with Gasteiger partial charge in [-0.2, -0.15) is 0 Å². The van der Waals surface area contributed by atoms with Crippen LogP contribution in [0.25, 0.3) is 21.8 Å². The van der Waals surface area contributed by atoms with Crippen molar-refractivity contribution in [2.45, 2.75) is 12.8 Å². The molecule has 0 aliphatic heterocycles. The topological polar surface area (TPSA) is 119 Å². The lowest BCUT2D eigenvalue weighted by Gasteiger charge is -2.18. The fourth-order valence-corrected chi connectivity index (χ4v) is 2.25. The van der Waals surface area contributed by atoms with Crippen LogP contribution in [0.15, 0.2) is 40.4 Å². The van der Waals surface area contributed by atoms with Gasteiger partial charge in [-0.1, -0.05) is 11.6 Å². The zero-order valence-corrected chi connectivity index (χ0v) is 14.2. The second-order valence-corrected chi connectivity index (χ2v) is 5.25. The Balaban J connectivity index is 2.64. The number of rotatable bonds is 6. The maximum Gasteiger partial charge on any atom is 0.265 e. The molecule has 1 amide bonds. The number of halogens is 1. The number of hydrogen-bond acceptors (Lipinski definition) is 5. The number of nitrogens with zero attached hydrogens (tertiary/aromatic N) is 5. The molecule has 0 saturated heterocycles. The van der Waals surface area contributed by atoms with Crippen molar-refractivity contribution >= 4 is 17.5 Å². The quantitative estimate of drug-likeness (QED) is 0.338. The van der Waals surface area contributed by atoms with Gasteiger partial charge in [0.2, 0.25) is 0 Å². The van der Waals surface area contributed by atoms with Crippen LogP contribution in [-0.2, 0) is 16.0 Å². The third-order valence-electron chi connectivity index (χ3n) is 3.37. The molecule has 0 unspecified atom stereocenters. The van der Waals surface area contributed by atoms with Crippen molar-refractivity contribution in [1.82, 2.24) is 9.55 Å². The predicted molar refractivity (Wildman–Crippen MR) is 90.2 cm³/mol. The second-order valence-electron chi connectivity index (χ2n) is 4.81. The van der Waals surface area contributed by atoms with E-state index >= 15 is 0 Å². The summed E-state index contributed by atoms with van der Waals surface area (Å²) in [6.45, 7) is -0.0197. The Morgan fingerprint density at radius 2 is 2.00 bits per heavy atom. The first kappa shape index (κ1) is 18.6. The van der Waals surface area contributed by atoms with Crippen molar-refractivity contribution in [3.63, 3.8) is 0 Å². The van der Waals surface area contributed by atoms with Gasteiger partial charge in [0.05, 0.1) is 6.54 Å². The van der Waals surface area contributed by atoms with Crippen LogP contribution >= 0.6 is 11.6 Å². The van der Waals surface area contributed by atoms with Crippen LogP contribution in [0.3, 0.4) is 0 Å². The highest BCUT2D eigenvalue weighted by Crippen LogP contribution is 2.19. The number of ether oxygens (including phenoxy) is 2. The summed E-state index contributed by atoms with van der Waals surface area (Å²) in [7, 11) is 2.84. The number of azide groups is 1. The predicted octanol–water partition coefficient (Wildman–Crippen LogP) is 2.63. The number of aromatic nitrogens is 2. The molecule has 9 nitrogen and oxygen atoms in total. The highest BCUT2D eigenvalue weighted by atomic mass is 35.5. The van der Waals surface area contributed by atoms with E-state index in [4.69, 9.17) is 26.6 Å². The minimum absolute atomic E-state index is 0.0197. The van der Waals surface area contributed by atoms with Crippen molar-refractivity contribution in [2.75, 3.05) is 14.2 Å². The molecule has 0 N–H and O–H groups in total. The molecule has 0 saturated carbocycles. The van der Waals surface area contributed by atoms with Gasteiger partial charge in [-0.05, 0) is 34.9 Å². The lowest BCUT2D eigenvalue weighted by Crippen LogP contribution is -2.33. The molecule has 0 bridgehead atoms. The summed E-state index contributed by atoms with van der Waals surface area (Å²) in [5.41, 5.74) is 7.98. The van der Waals surface area contributed by atoms with Crippen molar-refractivity contribution in [3.8, 4) is 11.4 Å². The van der Waals surface area contributed by atoms with Crippen molar-refractivity contribution < 1.29 is 14.3 Å². The summed E-state index contributed by atoms with van der Waals surface area (Å²) < 4.78 is 11.5. The molecule has 0 spiro atoms. The van der Waals surface area contributed by atoms with E-state index in [0.29, 0.717) is 16.4 Å².